The molecule has 0 saturated heterocycles. The van der Waals surface area contributed by atoms with Crippen molar-refractivity contribution in [3.8, 4) is 0 Å². The number of fused-ring (bicyclic) bond motifs is 1. The molecule has 14 heavy (non-hydrogen) atoms. The lowest BCUT2D eigenvalue weighted by atomic mass is 9.94. The molecular weight excluding hydrogens is 170 g/mol. The number of pyridine rings is 1. The summed E-state index contributed by atoms with van der Waals surface area (Å²) in [5.74, 6) is 0.669. The maximum Gasteiger partial charge on any atom is 0.0661 e. The van der Waals surface area contributed by atoms with E-state index in [1.165, 1.54) is 5.56 Å². The minimum atomic E-state index is 0.669. The summed E-state index contributed by atoms with van der Waals surface area (Å²) in [6.07, 6.45) is 5.50. The van der Waals surface area contributed by atoms with Crippen LogP contribution in [0.15, 0.2) is 18.2 Å². The summed E-state index contributed by atoms with van der Waals surface area (Å²) < 4.78 is 0. The molecule has 1 aliphatic carbocycles. The predicted octanol–water partition coefficient (Wildman–Crippen LogP) is 3.62. The van der Waals surface area contributed by atoms with Crippen molar-refractivity contribution in [1.29, 1.82) is 0 Å². The van der Waals surface area contributed by atoms with Crippen LogP contribution in [0.5, 0.6) is 0 Å². The number of aryl methyl sites for hydroxylation is 1. The lowest BCUT2D eigenvalue weighted by Gasteiger charge is -2.14. The normalized spacial score (nSPS) is 18.1. The van der Waals surface area contributed by atoms with Gasteiger partial charge in [-0.25, -0.2) is 0 Å². The van der Waals surface area contributed by atoms with Gasteiger partial charge in [0.05, 0.1) is 5.69 Å². The molecule has 1 heteroatoms. The van der Waals surface area contributed by atoms with Crippen LogP contribution in [0.2, 0.25) is 0 Å². The highest BCUT2D eigenvalue weighted by Gasteiger charge is 2.09. The van der Waals surface area contributed by atoms with Gasteiger partial charge < -0.3 is 0 Å². The Morgan fingerprint density at radius 1 is 1.29 bits per heavy atom. The first kappa shape index (κ1) is 11.0. The lowest BCUT2D eigenvalue weighted by molar-refractivity contribution is 0.712. The lowest BCUT2D eigenvalue weighted by Crippen LogP contribution is -2.05. The quantitative estimate of drug-likeness (QED) is 0.607. The smallest absolute Gasteiger partial charge is 0.0661 e. The second-order valence-electron chi connectivity index (χ2n) is 3.54. The number of rotatable bonds is 0. The molecule has 0 amide bonds. The summed E-state index contributed by atoms with van der Waals surface area (Å²) in [6, 6.07) is 4.28. The number of hydrogen-bond acceptors (Lipinski definition) is 1. The molecule has 1 aromatic rings. The fourth-order valence-corrected chi connectivity index (χ4v) is 1.59. The third-order valence-corrected chi connectivity index (χ3v) is 2.28. The van der Waals surface area contributed by atoms with Gasteiger partial charge in [0.25, 0.3) is 0 Å². The molecule has 1 unspecified atom stereocenters. The first-order chi connectivity index (χ1) is 6.75. The average Bonchev–Trinajstić information content (AvgIpc) is 2.21. The molecule has 0 aliphatic heterocycles. The van der Waals surface area contributed by atoms with Crippen LogP contribution < -0.4 is 0 Å². The molecule has 0 spiro atoms. The van der Waals surface area contributed by atoms with Gasteiger partial charge >= 0.3 is 0 Å². The Morgan fingerprint density at radius 2 is 2.00 bits per heavy atom. The molecule has 0 fully saturated rings. The Balaban J connectivity index is 0.000000461. The molecule has 76 valence electrons. The Labute approximate surface area is 86.9 Å². The van der Waals surface area contributed by atoms with E-state index in [0.29, 0.717) is 5.92 Å². The molecule has 1 heterocycles. The minimum absolute atomic E-state index is 0.669. The van der Waals surface area contributed by atoms with E-state index >= 15 is 0 Å². The zero-order valence-corrected chi connectivity index (χ0v) is 9.54. The number of nitrogens with zero attached hydrogens (tertiary/aromatic N) is 1. The SMILES string of the molecule is CC.Cc1ccc2c(n1)C=CC(C)C2. The Kier molecular flexibility index (Phi) is 3.87. The fraction of sp³-hybridized carbons (Fsp3) is 0.462. The average molecular weight is 189 g/mol. The Bertz CT molecular complexity index is 326. The van der Waals surface area contributed by atoms with Gasteiger partial charge in [0.2, 0.25) is 0 Å². The van der Waals surface area contributed by atoms with E-state index in [1.807, 2.05) is 20.8 Å². The van der Waals surface area contributed by atoms with Crippen LogP contribution in [0.25, 0.3) is 6.08 Å². The van der Waals surface area contributed by atoms with Crippen LogP contribution in [0.1, 0.15) is 37.7 Å². The van der Waals surface area contributed by atoms with Crippen LogP contribution in [-0.2, 0) is 6.42 Å². The molecular formula is C13H19N. The zero-order valence-electron chi connectivity index (χ0n) is 9.54. The monoisotopic (exact) mass is 189 g/mol. The minimum Gasteiger partial charge on any atom is -0.253 e. The van der Waals surface area contributed by atoms with Gasteiger partial charge in [-0.1, -0.05) is 32.9 Å². The first-order valence-electron chi connectivity index (χ1n) is 5.40. The summed E-state index contributed by atoms with van der Waals surface area (Å²) in [4.78, 5) is 4.46. The maximum absolute atomic E-state index is 4.46. The molecule has 1 nitrogen and oxygen atoms in total. The van der Waals surface area contributed by atoms with Crippen molar-refractivity contribution in [2.24, 2.45) is 5.92 Å². The highest BCUT2D eigenvalue weighted by Crippen LogP contribution is 2.20. The van der Waals surface area contributed by atoms with Gasteiger partial charge in [-0.05, 0) is 37.0 Å². The topological polar surface area (TPSA) is 12.9 Å². The molecule has 0 aromatic carbocycles. The van der Waals surface area contributed by atoms with E-state index in [0.717, 1.165) is 17.8 Å². The van der Waals surface area contributed by atoms with Crippen LogP contribution in [0.4, 0.5) is 0 Å². The molecule has 1 atom stereocenters. The predicted molar refractivity (Wildman–Crippen MR) is 62.2 cm³/mol. The second kappa shape index (κ2) is 4.94. The van der Waals surface area contributed by atoms with Crippen molar-refractivity contribution < 1.29 is 0 Å². The summed E-state index contributed by atoms with van der Waals surface area (Å²) >= 11 is 0. The molecule has 0 saturated carbocycles. The van der Waals surface area contributed by atoms with Gasteiger partial charge in [-0.15, -0.1) is 0 Å². The molecule has 0 bridgehead atoms. The number of hydrogen-bond donors (Lipinski definition) is 0. The van der Waals surface area contributed by atoms with Crippen LogP contribution in [-0.4, -0.2) is 4.98 Å². The van der Waals surface area contributed by atoms with E-state index < -0.39 is 0 Å². The van der Waals surface area contributed by atoms with Crippen molar-refractivity contribution in [3.63, 3.8) is 0 Å². The zero-order chi connectivity index (χ0) is 10.6. The van der Waals surface area contributed by atoms with E-state index in [9.17, 15) is 0 Å². The molecule has 0 N–H and O–H groups in total. The van der Waals surface area contributed by atoms with E-state index in [1.54, 1.807) is 0 Å². The van der Waals surface area contributed by atoms with Gasteiger partial charge in [-0.2, -0.15) is 0 Å². The largest absolute Gasteiger partial charge is 0.253 e. The van der Waals surface area contributed by atoms with Crippen LogP contribution in [0, 0.1) is 12.8 Å². The third-order valence-electron chi connectivity index (χ3n) is 2.28. The van der Waals surface area contributed by atoms with Crippen LogP contribution >= 0.6 is 0 Å². The highest BCUT2D eigenvalue weighted by molar-refractivity contribution is 5.52. The second-order valence-corrected chi connectivity index (χ2v) is 3.54. The standard InChI is InChI=1S/C11H13N.C2H6/c1-8-3-6-11-10(7-8)5-4-9(2)12-11;1-2/h3-6,8H,7H2,1-2H3;1-2H3. The van der Waals surface area contributed by atoms with Crippen molar-refractivity contribution in [1.82, 2.24) is 4.98 Å². The highest BCUT2D eigenvalue weighted by atomic mass is 14.7. The van der Waals surface area contributed by atoms with E-state index in [4.69, 9.17) is 0 Å². The third kappa shape index (κ3) is 2.44. The van der Waals surface area contributed by atoms with E-state index in [-0.39, 0.29) is 0 Å². The van der Waals surface area contributed by atoms with Gasteiger partial charge in [0.1, 0.15) is 0 Å². The maximum atomic E-state index is 4.46. The van der Waals surface area contributed by atoms with Crippen molar-refractivity contribution >= 4 is 6.08 Å². The number of allylic oxidation sites excluding steroid dienone is 1. The van der Waals surface area contributed by atoms with Crippen molar-refractivity contribution in [3.05, 3.63) is 35.2 Å². The van der Waals surface area contributed by atoms with E-state index in [2.05, 4.69) is 36.2 Å². The summed E-state index contributed by atoms with van der Waals surface area (Å²) in [5, 5.41) is 0. The molecule has 2 rings (SSSR count). The van der Waals surface area contributed by atoms with Crippen molar-refractivity contribution in [2.75, 3.05) is 0 Å². The number of aromatic nitrogens is 1. The summed E-state index contributed by atoms with van der Waals surface area (Å²) in [5.41, 5.74) is 3.65. The van der Waals surface area contributed by atoms with Crippen LogP contribution in [0.3, 0.4) is 0 Å². The molecule has 1 aromatic heterocycles. The van der Waals surface area contributed by atoms with Gasteiger partial charge in [0, 0.05) is 5.69 Å². The Hall–Kier alpha value is -1.11. The van der Waals surface area contributed by atoms with Crippen molar-refractivity contribution in [2.45, 2.75) is 34.1 Å². The Morgan fingerprint density at radius 3 is 2.71 bits per heavy atom. The molecule has 1 aliphatic rings. The van der Waals surface area contributed by atoms with Gasteiger partial charge in [0.15, 0.2) is 0 Å². The molecule has 0 radical (unpaired) electrons. The summed E-state index contributed by atoms with van der Waals surface area (Å²) in [7, 11) is 0. The fourth-order valence-electron chi connectivity index (χ4n) is 1.59. The first-order valence-corrected chi connectivity index (χ1v) is 5.40. The van der Waals surface area contributed by atoms with Gasteiger partial charge in [-0.3, -0.25) is 4.98 Å². The summed E-state index contributed by atoms with van der Waals surface area (Å²) in [6.45, 7) is 8.27.